The molecule has 0 bridgehead atoms. The molecule has 7 nitrogen and oxygen atoms in total. The van der Waals surface area contributed by atoms with Crippen molar-refractivity contribution in [1.29, 1.82) is 0 Å². The Kier molecular flexibility index (Phi) is 7.18. The number of carbonyl (C=O) groups is 3. The van der Waals surface area contributed by atoms with Crippen molar-refractivity contribution in [2.75, 3.05) is 31.6 Å². The highest BCUT2D eigenvalue weighted by atomic mass is 35.5. The molecule has 0 radical (unpaired) electrons. The highest BCUT2D eigenvalue weighted by Gasteiger charge is 2.36. The molecule has 3 amide bonds. The van der Waals surface area contributed by atoms with E-state index in [9.17, 15) is 14.4 Å². The molecule has 0 unspecified atom stereocenters. The van der Waals surface area contributed by atoms with E-state index < -0.39 is 5.92 Å². The van der Waals surface area contributed by atoms with Gasteiger partial charge in [0.2, 0.25) is 11.8 Å². The molecule has 0 saturated carbocycles. The number of nitrogens with zero attached hydrogens (tertiary/aromatic N) is 1. The molecule has 9 heteroatoms. The number of nitrogens with one attached hydrogen (secondary N) is 2. The number of para-hydroxylation sites is 2. The first-order valence-corrected chi connectivity index (χ1v) is 10.1. The lowest BCUT2D eigenvalue weighted by atomic mass is 10.1. The van der Waals surface area contributed by atoms with Gasteiger partial charge in [-0.1, -0.05) is 35.3 Å². The zero-order chi connectivity index (χ0) is 21.7. The van der Waals surface area contributed by atoms with E-state index in [0.717, 1.165) is 0 Å². The Hall–Kier alpha value is -2.77. The average Bonchev–Trinajstić information content (AvgIpc) is 3.12. The van der Waals surface area contributed by atoms with Crippen LogP contribution in [-0.2, 0) is 9.59 Å². The van der Waals surface area contributed by atoms with Crippen LogP contribution < -0.4 is 20.3 Å². The van der Waals surface area contributed by atoms with Gasteiger partial charge in [0, 0.05) is 31.1 Å². The van der Waals surface area contributed by atoms with Gasteiger partial charge < -0.3 is 20.3 Å². The van der Waals surface area contributed by atoms with Crippen LogP contribution in [0.4, 0.5) is 5.69 Å². The zero-order valence-corrected chi connectivity index (χ0v) is 17.8. The van der Waals surface area contributed by atoms with Crippen LogP contribution in [-0.4, -0.2) is 44.5 Å². The number of carbonyl (C=O) groups excluding carboxylic acids is 3. The van der Waals surface area contributed by atoms with Crippen LogP contribution in [0.25, 0.3) is 0 Å². The summed E-state index contributed by atoms with van der Waals surface area (Å²) in [6, 6.07) is 11.8. The van der Waals surface area contributed by atoms with E-state index in [1.807, 2.05) is 12.1 Å². The Morgan fingerprint density at radius 3 is 2.60 bits per heavy atom. The number of methoxy groups -OCH3 is 1. The Balaban J connectivity index is 1.48. The van der Waals surface area contributed by atoms with Gasteiger partial charge in [0.15, 0.2) is 0 Å². The number of benzene rings is 2. The maximum absolute atomic E-state index is 12.5. The number of hydrogen-bond acceptors (Lipinski definition) is 4. The molecule has 0 spiro atoms. The summed E-state index contributed by atoms with van der Waals surface area (Å²) >= 11 is 11.8. The number of halogens is 2. The highest BCUT2D eigenvalue weighted by Crippen LogP contribution is 2.32. The van der Waals surface area contributed by atoms with E-state index in [1.165, 1.54) is 19.2 Å². The van der Waals surface area contributed by atoms with E-state index in [1.54, 1.807) is 23.1 Å². The topological polar surface area (TPSA) is 87.7 Å². The van der Waals surface area contributed by atoms with Crippen LogP contribution in [0, 0.1) is 5.92 Å². The van der Waals surface area contributed by atoms with Gasteiger partial charge in [0.05, 0.1) is 29.3 Å². The van der Waals surface area contributed by atoms with Crippen molar-refractivity contribution in [2.45, 2.75) is 6.42 Å². The van der Waals surface area contributed by atoms with E-state index in [4.69, 9.17) is 27.9 Å². The second kappa shape index (κ2) is 9.82. The van der Waals surface area contributed by atoms with Gasteiger partial charge in [0.1, 0.15) is 5.75 Å². The summed E-state index contributed by atoms with van der Waals surface area (Å²) in [5.41, 5.74) is 0.952. The molecule has 2 aromatic rings. The Morgan fingerprint density at radius 1 is 1.13 bits per heavy atom. The second-order valence-electron chi connectivity index (χ2n) is 6.75. The lowest BCUT2D eigenvalue weighted by Gasteiger charge is -2.19. The van der Waals surface area contributed by atoms with Gasteiger partial charge in [-0.2, -0.15) is 0 Å². The van der Waals surface area contributed by atoms with Crippen LogP contribution in [0.15, 0.2) is 42.5 Å². The van der Waals surface area contributed by atoms with Gasteiger partial charge in [-0.15, -0.1) is 0 Å². The van der Waals surface area contributed by atoms with Gasteiger partial charge >= 0.3 is 0 Å². The minimum Gasteiger partial charge on any atom is -0.495 e. The summed E-state index contributed by atoms with van der Waals surface area (Å²) in [6.07, 6.45) is 0.122. The van der Waals surface area contributed by atoms with E-state index in [0.29, 0.717) is 22.0 Å². The van der Waals surface area contributed by atoms with Crippen molar-refractivity contribution in [3.63, 3.8) is 0 Å². The van der Waals surface area contributed by atoms with Crippen LogP contribution in [0.5, 0.6) is 5.75 Å². The lowest BCUT2D eigenvalue weighted by Crippen LogP contribution is -2.38. The maximum Gasteiger partial charge on any atom is 0.252 e. The summed E-state index contributed by atoms with van der Waals surface area (Å²) in [4.78, 5) is 38.6. The molecular weight excluding hydrogens is 429 g/mol. The fourth-order valence-corrected chi connectivity index (χ4v) is 3.74. The van der Waals surface area contributed by atoms with Crippen molar-refractivity contribution in [3.8, 4) is 5.75 Å². The lowest BCUT2D eigenvalue weighted by molar-refractivity contribution is -0.126. The molecule has 30 heavy (non-hydrogen) atoms. The first-order valence-electron chi connectivity index (χ1n) is 9.35. The number of rotatable bonds is 7. The molecule has 1 saturated heterocycles. The molecule has 2 aromatic carbocycles. The molecule has 1 heterocycles. The van der Waals surface area contributed by atoms with Crippen molar-refractivity contribution in [3.05, 3.63) is 58.1 Å². The predicted octanol–water partition coefficient (Wildman–Crippen LogP) is 2.90. The number of anilines is 1. The molecular formula is C21H21Cl2N3O4. The number of hydrogen-bond donors (Lipinski definition) is 2. The summed E-state index contributed by atoms with van der Waals surface area (Å²) in [5, 5.41) is 6.14. The third kappa shape index (κ3) is 5.04. The molecule has 1 fully saturated rings. The molecule has 1 atom stereocenters. The molecule has 2 N–H and O–H groups in total. The number of amides is 3. The molecule has 0 aliphatic carbocycles. The second-order valence-corrected chi connectivity index (χ2v) is 7.59. The van der Waals surface area contributed by atoms with E-state index >= 15 is 0 Å². The minimum absolute atomic E-state index is 0.122. The van der Waals surface area contributed by atoms with Gasteiger partial charge in [0.25, 0.3) is 5.91 Å². The minimum atomic E-state index is -0.469. The summed E-state index contributed by atoms with van der Waals surface area (Å²) in [5.74, 6) is -0.617. The SMILES string of the molecule is COc1ccccc1N1C[C@H](C(=O)NCCNC(=O)c2ccc(Cl)cc2Cl)CC1=O. The summed E-state index contributed by atoms with van der Waals surface area (Å²) < 4.78 is 5.30. The fraction of sp³-hybridized carbons (Fsp3) is 0.286. The first-order chi connectivity index (χ1) is 14.4. The largest absolute Gasteiger partial charge is 0.495 e. The quantitative estimate of drug-likeness (QED) is 0.636. The first kappa shape index (κ1) is 21.9. The Morgan fingerprint density at radius 2 is 1.87 bits per heavy atom. The van der Waals surface area contributed by atoms with Crippen molar-refractivity contribution >= 4 is 46.6 Å². The van der Waals surface area contributed by atoms with Crippen molar-refractivity contribution < 1.29 is 19.1 Å². The molecule has 3 rings (SSSR count). The molecule has 1 aliphatic rings. The van der Waals surface area contributed by atoms with Crippen LogP contribution in [0.2, 0.25) is 10.0 Å². The smallest absolute Gasteiger partial charge is 0.252 e. The van der Waals surface area contributed by atoms with Crippen LogP contribution >= 0.6 is 23.2 Å². The van der Waals surface area contributed by atoms with E-state index in [-0.39, 0.29) is 48.8 Å². The predicted molar refractivity (Wildman–Crippen MR) is 115 cm³/mol. The molecule has 158 valence electrons. The Bertz CT molecular complexity index is 967. The Labute approximate surface area is 184 Å². The summed E-state index contributed by atoms with van der Waals surface area (Å²) in [7, 11) is 1.54. The van der Waals surface area contributed by atoms with Crippen LogP contribution in [0.1, 0.15) is 16.8 Å². The van der Waals surface area contributed by atoms with Gasteiger partial charge in [-0.25, -0.2) is 0 Å². The van der Waals surface area contributed by atoms with Crippen molar-refractivity contribution in [1.82, 2.24) is 10.6 Å². The fourth-order valence-electron chi connectivity index (χ4n) is 3.24. The third-order valence-corrected chi connectivity index (χ3v) is 5.31. The molecule has 1 aliphatic heterocycles. The standard InChI is InChI=1S/C21H21Cl2N3O4/c1-30-18-5-3-2-4-17(18)26-12-13(10-19(26)27)20(28)24-8-9-25-21(29)15-7-6-14(22)11-16(15)23/h2-7,11,13H,8-10,12H2,1H3,(H,24,28)(H,25,29)/t13-/m1/s1. The normalized spacial score (nSPS) is 15.8. The van der Waals surface area contributed by atoms with Crippen molar-refractivity contribution in [2.24, 2.45) is 5.92 Å². The van der Waals surface area contributed by atoms with Gasteiger partial charge in [-0.05, 0) is 30.3 Å². The molecule has 0 aromatic heterocycles. The van der Waals surface area contributed by atoms with E-state index in [2.05, 4.69) is 10.6 Å². The van der Waals surface area contributed by atoms with Gasteiger partial charge in [-0.3, -0.25) is 14.4 Å². The number of ether oxygens (including phenoxy) is 1. The third-order valence-electron chi connectivity index (χ3n) is 4.76. The summed E-state index contributed by atoms with van der Waals surface area (Å²) in [6.45, 7) is 0.729. The highest BCUT2D eigenvalue weighted by molar-refractivity contribution is 6.36. The average molecular weight is 450 g/mol. The zero-order valence-electron chi connectivity index (χ0n) is 16.3. The monoisotopic (exact) mass is 449 g/mol. The van der Waals surface area contributed by atoms with Crippen LogP contribution in [0.3, 0.4) is 0 Å². The maximum atomic E-state index is 12.5.